The van der Waals surface area contributed by atoms with Crippen molar-refractivity contribution in [2.24, 2.45) is 5.41 Å². The van der Waals surface area contributed by atoms with Gasteiger partial charge in [-0.1, -0.05) is 20.8 Å². The average Bonchev–Trinajstić information content (AvgIpc) is 1.99. The van der Waals surface area contributed by atoms with Crippen LogP contribution in [0.3, 0.4) is 0 Å². The Kier molecular flexibility index (Phi) is 3.03. The Hall–Kier alpha value is -1.51. The molecular weight excluding hydrogens is 190 g/mol. The fraction of sp³-hybridized carbons (Fsp3) is 0.417. The van der Waals surface area contributed by atoms with Gasteiger partial charge in [0.25, 0.3) is 0 Å². The van der Waals surface area contributed by atoms with Crippen LogP contribution in [0.4, 0.5) is 5.69 Å². The molecule has 0 atom stereocenters. The van der Waals surface area contributed by atoms with Gasteiger partial charge in [-0.15, -0.1) is 0 Å². The van der Waals surface area contributed by atoms with Crippen molar-refractivity contribution in [1.29, 1.82) is 0 Å². The maximum absolute atomic E-state index is 11.7. The van der Waals surface area contributed by atoms with E-state index in [1.165, 1.54) is 6.07 Å². The van der Waals surface area contributed by atoms with E-state index in [2.05, 4.69) is 5.32 Å². The van der Waals surface area contributed by atoms with Gasteiger partial charge in [-0.2, -0.15) is 0 Å². The summed E-state index contributed by atoms with van der Waals surface area (Å²) >= 11 is 0. The van der Waals surface area contributed by atoms with Crippen LogP contribution in [0, 0.1) is 12.3 Å². The number of aromatic hydroxyl groups is 1. The number of anilines is 1. The molecule has 82 valence electrons. The molecule has 3 nitrogen and oxygen atoms in total. The molecule has 0 saturated carbocycles. The lowest BCUT2D eigenvalue weighted by Crippen LogP contribution is -2.27. The molecule has 0 aliphatic carbocycles. The smallest absolute Gasteiger partial charge is 0.229 e. The molecule has 15 heavy (non-hydrogen) atoms. The molecule has 0 spiro atoms. The first-order valence-corrected chi connectivity index (χ1v) is 4.91. The number of carbonyl (C=O) groups is 1. The molecule has 0 aromatic heterocycles. The molecular formula is C12H17NO2. The van der Waals surface area contributed by atoms with Crippen molar-refractivity contribution in [2.45, 2.75) is 27.7 Å². The second kappa shape index (κ2) is 3.93. The van der Waals surface area contributed by atoms with Gasteiger partial charge in [0.1, 0.15) is 5.75 Å². The van der Waals surface area contributed by atoms with Crippen LogP contribution in [0.2, 0.25) is 0 Å². The Morgan fingerprint density at radius 3 is 2.33 bits per heavy atom. The van der Waals surface area contributed by atoms with Crippen LogP contribution in [0.1, 0.15) is 26.3 Å². The fourth-order valence-corrected chi connectivity index (χ4v) is 1.15. The average molecular weight is 207 g/mol. The van der Waals surface area contributed by atoms with E-state index in [9.17, 15) is 9.90 Å². The van der Waals surface area contributed by atoms with Gasteiger partial charge in [-0.05, 0) is 24.6 Å². The molecule has 1 aromatic rings. The summed E-state index contributed by atoms with van der Waals surface area (Å²) in [7, 11) is 0. The van der Waals surface area contributed by atoms with Crippen molar-refractivity contribution in [3.8, 4) is 5.75 Å². The third-order valence-electron chi connectivity index (χ3n) is 2.00. The number of phenols is 1. The number of carbonyl (C=O) groups excluding carboxylic acids is 1. The maximum Gasteiger partial charge on any atom is 0.229 e. The number of rotatable bonds is 1. The minimum absolute atomic E-state index is 0.0625. The second-order valence-electron chi connectivity index (χ2n) is 4.76. The van der Waals surface area contributed by atoms with Gasteiger partial charge in [0.15, 0.2) is 0 Å². The fourth-order valence-electron chi connectivity index (χ4n) is 1.15. The summed E-state index contributed by atoms with van der Waals surface area (Å²) in [6.07, 6.45) is 0. The summed E-state index contributed by atoms with van der Waals surface area (Å²) in [6, 6.07) is 5.01. The normalized spacial score (nSPS) is 11.2. The molecule has 0 radical (unpaired) electrons. The molecule has 0 saturated heterocycles. The van der Waals surface area contributed by atoms with Gasteiger partial charge in [0.2, 0.25) is 5.91 Å². The van der Waals surface area contributed by atoms with Crippen molar-refractivity contribution >= 4 is 11.6 Å². The van der Waals surface area contributed by atoms with E-state index in [0.29, 0.717) is 5.69 Å². The SMILES string of the molecule is Cc1cc(O)cc(NC(=O)C(C)(C)C)c1. The van der Waals surface area contributed by atoms with Crippen LogP contribution in [-0.4, -0.2) is 11.0 Å². The molecule has 1 rings (SSSR count). The molecule has 0 bridgehead atoms. The van der Waals surface area contributed by atoms with Crippen LogP contribution in [-0.2, 0) is 4.79 Å². The van der Waals surface area contributed by atoms with Crippen LogP contribution in [0.15, 0.2) is 18.2 Å². The number of aryl methyl sites for hydroxylation is 1. The number of amides is 1. The first-order chi connectivity index (χ1) is 6.79. The van der Waals surface area contributed by atoms with Crippen molar-refractivity contribution in [2.75, 3.05) is 5.32 Å². The van der Waals surface area contributed by atoms with E-state index >= 15 is 0 Å². The molecule has 0 aliphatic heterocycles. The summed E-state index contributed by atoms with van der Waals surface area (Å²) in [5.41, 5.74) is 1.12. The zero-order chi connectivity index (χ0) is 11.6. The third-order valence-corrected chi connectivity index (χ3v) is 2.00. The Balaban J connectivity index is 2.86. The van der Waals surface area contributed by atoms with Crippen molar-refractivity contribution < 1.29 is 9.90 Å². The Morgan fingerprint density at radius 1 is 1.27 bits per heavy atom. The highest BCUT2D eigenvalue weighted by Gasteiger charge is 2.21. The topological polar surface area (TPSA) is 49.3 Å². The van der Waals surface area contributed by atoms with Gasteiger partial charge in [0.05, 0.1) is 0 Å². The highest BCUT2D eigenvalue weighted by atomic mass is 16.3. The van der Waals surface area contributed by atoms with Gasteiger partial charge < -0.3 is 10.4 Å². The zero-order valence-electron chi connectivity index (χ0n) is 9.59. The molecule has 0 heterocycles. The van der Waals surface area contributed by atoms with Crippen LogP contribution < -0.4 is 5.32 Å². The summed E-state index contributed by atoms with van der Waals surface area (Å²) in [6.45, 7) is 7.40. The predicted octanol–water partition coefficient (Wildman–Crippen LogP) is 2.69. The zero-order valence-corrected chi connectivity index (χ0v) is 9.59. The summed E-state index contributed by atoms with van der Waals surface area (Å²) in [5.74, 6) is 0.103. The Labute approximate surface area is 90.1 Å². The molecule has 1 amide bonds. The quantitative estimate of drug-likeness (QED) is 0.743. The van der Waals surface area contributed by atoms with E-state index in [4.69, 9.17) is 0 Å². The molecule has 0 aliphatic rings. The number of hydrogen-bond donors (Lipinski definition) is 2. The minimum atomic E-state index is -0.431. The van der Waals surface area contributed by atoms with E-state index in [-0.39, 0.29) is 11.7 Å². The summed E-state index contributed by atoms with van der Waals surface area (Å²) in [4.78, 5) is 11.7. The van der Waals surface area contributed by atoms with Crippen molar-refractivity contribution in [3.05, 3.63) is 23.8 Å². The highest BCUT2D eigenvalue weighted by Crippen LogP contribution is 2.22. The van der Waals surface area contributed by atoms with Crippen molar-refractivity contribution in [1.82, 2.24) is 0 Å². The largest absolute Gasteiger partial charge is 0.508 e. The monoisotopic (exact) mass is 207 g/mol. The first-order valence-electron chi connectivity index (χ1n) is 4.91. The van der Waals surface area contributed by atoms with Crippen LogP contribution in [0.5, 0.6) is 5.75 Å². The lowest BCUT2D eigenvalue weighted by atomic mass is 9.95. The van der Waals surface area contributed by atoms with Crippen LogP contribution >= 0.6 is 0 Å². The lowest BCUT2D eigenvalue weighted by molar-refractivity contribution is -0.123. The van der Waals surface area contributed by atoms with Gasteiger partial charge in [-0.3, -0.25) is 4.79 Å². The maximum atomic E-state index is 11.7. The molecule has 0 fully saturated rings. The highest BCUT2D eigenvalue weighted by molar-refractivity contribution is 5.94. The van der Waals surface area contributed by atoms with Gasteiger partial charge in [-0.25, -0.2) is 0 Å². The molecule has 1 aromatic carbocycles. The number of nitrogens with one attached hydrogen (secondary N) is 1. The van der Waals surface area contributed by atoms with E-state index in [1.54, 1.807) is 6.07 Å². The molecule has 3 heteroatoms. The minimum Gasteiger partial charge on any atom is -0.508 e. The number of phenolic OH excluding ortho intramolecular Hbond substituents is 1. The summed E-state index contributed by atoms with van der Waals surface area (Å²) < 4.78 is 0. The second-order valence-corrected chi connectivity index (χ2v) is 4.76. The van der Waals surface area contributed by atoms with Crippen LogP contribution in [0.25, 0.3) is 0 Å². The number of benzene rings is 1. The van der Waals surface area contributed by atoms with E-state index in [0.717, 1.165) is 5.56 Å². The first kappa shape index (κ1) is 11.6. The summed E-state index contributed by atoms with van der Waals surface area (Å²) in [5, 5.41) is 12.1. The van der Waals surface area contributed by atoms with E-state index < -0.39 is 5.41 Å². The van der Waals surface area contributed by atoms with Crippen molar-refractivity contribution in [3.63, 3.8) is 0 Å². The predicted molar refractivity (Wildman–Crippen MR) is 60.9 cm³/mol. The molecule has 0 unspecified atom stereocenters. The standard InChI is InChI=1S/C12H17NO2/c1-8-5-9(7-10(14)6-8)13-11(15)12(2,3)4/h5-7,14H,1-4H3,(H,13,15). The van der Waals surface area contributed by atoms with E-state index in [1.807, 2.05) is 33.8 Å². The molecule has 2 N–H and O–H groups in total. The van der Waals surface area contributed by atoms with Gasteiger partial charge >= 0.3 is 0 Å². The van der Waals surface area contributed by atoms with Gasteiger partial charge in [0, 0.05) is 17.2 Å². The lowest BCUT2D eigenvalue weighted by Gasteiger charge is -2.17. The Bertz CT molecular complexity index is 357. The number of hydrogen-bond acceptors (Lipinski definition) is 2. The Morgan fingerprint density at radius 2 is 1.87 bits per heavy atom. The third kappa shape index (κ3) is 3.27.